The van der Waals surface area contributed by atoms with Crippen molar-refractivity contribution in [1.29, 1.82) is 0 Å². The van der Waals surface area contributed by atoms with Crippen molar-refractivity contribution in [1.82, 2.24) is 24.9 Å². The Hall–Kier alpha value is -8.75. The molecule has 2 saturated heterocycles. The number of nitrogens with one attached hydrogen (secondary N) is 4. The molecule has 2 fully saturated rings. The lowest BCUT2D eigenvalue weighted by Gasteiger charge is -2.28. The van der Waals surface area contributed by atoms with Gasteiger partial charge in [0.2, 0.25) is 28.1 Å². The van der Waals surface area contributed by atoms with E-state index in [0.29, 0.717) is 90.8 Å². The summed E-state index contributed by atoms with van der Waals surface area (Å²) < 4.78 is 99.5. The molecule has 5 heterocycles. The van der Waals surface area contributed by atoms with Crippen LogP contribution in [-0.2, 0) is 49.5 Å². The van der Waals surface area contributed by atoms with E-state index in [9.17, 15) is 58.1 Å². The molecule has 1 atom stereocenters. The molecule has 3 aromatic heterocycles. The van der Waals surface area contributed by atoms with Crippen molar-refractivity contribution in [3.8, 4) is 0 Å². The monoisotopic (exact) mass is 1460 g/mol. The van der Waals surface area contributed by atoms with Crippen LogP contribution < -0.4 is 40.9 Å². The van der Waals surface area contributed by atoms with Gasteiger partial charge in [-0.2, -0.15) is 50.2 Å². The van der Waals surface area contributed by atoms with Crippen LogP contribution in [0.2, 0.25) is 0 Å². The van der Waals surface area contributed by atoms with Gasteiger partial charge in [0.15, 0.2) is 10.9 Å². The van der Waals surface area contributed by atoms with Gasteiger partial charge in [-0.3, -0.25) is 32.8 Å². The molecule has 0 aliphatic carbocycles. The highest BCUT2D eigenvalue weighted by atomic mass is 32.2. The highest BCUT2D eigenvalue weighted by Crippen LogP contribution is 2.43. The van der Waals surface area contributed by atoms with Crippen LogP contribution in [0.5, 0.6) is 0 Å². The second-order valence-corrected chi connectivity index (χ2v) is 29.9. The van der Waals surface area contributed by atoms with Crippen molar-refractivity contribution in [3.05, 3.63) is 100 Å². The topological polar surface area (TPSA) is 406 Å². The van der Waals surface area contributed by atoms with Gasteiger partial charge in [0.25, 0.3) is 36.3 Å². The molecule has 7 aromatic rings. The SMILES string of the molecule is CCN(CC)c1ccc(N=Nc2nc(N3CCCCC3)c(/C=C(\C(C)=O)C(=O)Nc3ccc(S(=O)(=O)O)cc3)s2)c(Nc2nc(Nc3cc(N(CC)CC)ccc3N=Nc3nc(N4CCCCC4)c(C(C(C)=O)C(=O)Nc4ccc(S(=O)(=O)O)cc4)s3)nc(SCCS(=O)(=O)O)n2)c1. The predicted octanol–water partition coefficient (Wildman–Crippen LogP) is 12.2. The largest absolute Gasteiger partial charge is 0.372 e. The van der Waals surface area contributed by atoms with Crippen LogP contribution in [0.1, 0.15) is 95.7 Å². The molecule has 2 aliphatic rings. The van der Waals surface area contributed by atoms with E-state index in [4.69, 9.17) is 20.1 Å². The lowest BCUT2D eigenvalue weighted by atomic mass is 10.0. The standard InChI is InChI=1S/C62H73N17O13S6/c1-7-76(8-2)42-21-27-47(72-74-61-67-54(78-29-13-11-14-30-78)51(94-61)37-46(38(5)80)56(82)63-40-17-23-44(24-18-40)97(87,88)89)49(35-42)65-58-69-59(71-60(70-58)93-33-34-96(84,85)86)66-50-36-43(77(9-3)10-4)22-28-48(50)73-75-62-68-55(79-31-15-12-16-32-79)53(95-62)52(39(6)81)57(83)64-41-19-25-45(26-20-41)98(90,91)92/h17-28,35-37,52H,7-16,29-34H2,1-6H3,(H,63,82)(H,64,83)(H,84,85,86)(H,87,88,89)(H,90,91,92)(H2,65,66,69,70,71)/b46-37+,74-72?,75-73?. The summed E-state index contributed by atoms with van der Waals surface area (Å²) in [6.07, 6.45) is 6.80. The fourth-order valence-electron chi connectivity index (χ4n) is 10.6. The van der Waals surface area contributed by atoms with Gasteiger partial charge >= 0.3 is 0 Å². The Labute approximate surface area is 579 Å². The van der Waals surface area contributed by atoms with E-state index in [2.05, 4.69) is 56.4 Å². The zero-order chi connectivity index (χ0) is 70.5. The summed E-state index contributed by atoms with van der Waals surface area (Å²) >= 11 is 3.03. The van der Waals surface area contributed by atoms with Gasteiger partial charge in [-0.1, -0.05) is 34.4 Å². The Bertz CT molecular complexity index is 4510. The third-order valence-electron chi connectivity index (χ3n) is 15.6. The molecule has 0 spiro atoms. The van der Waals surface area contributed by atoms with Crippen molar-refractivity contribution in [3.63, 3.8) is 0 Å². The summed E-state index contributed by atoms with van der Waals surface area (Å²) in [7, 11) is -13.4. The number of benzene rings is 4. The van der Waals surface area contributed by atoms with E-state index in [1.165, 1.54) is 44.2 Å². The van der Waals surface area contributed by atoms with E-state index in [-0.39, 0.29) is 65.5 Å². The van der Waals surface area contributed by atoms with E-state index >= 15 is 0 Å². The number of thioether (sulfide) groups is 1. The zero-order valence-electron chi connectivity index (χ0n) is 54.2. The summed E-state index contributed by atoms with van der Waals surface area (Å²) in [6.45, 7) is 15.5. The molecule has 1 unspecified atom stereocenters. The molecule has 2 amide bonds. The van der Waals surface area contributed by atoms with Gasteiger partial charge in [-0.05, 0) is 171 Å². The fourth-order valence-corrected chi connectivity index (χ4v) is 15.2. The van der Waals surface area contributed by atoms with E-state index in [1.807, 2.05) is 61.8 Å². The number of nitrogens with zero attached hydrogens (tertiary/aromatic N) is 13. The number of piperidine rings is 2. The number of rotatable bonds is 30. The number of aromatic nitrogens is 5. The smallest absolute Gasteiger partial charge is 0.294 e. The number of amides is 2. The van der Waals surface area contributed by atoms with Gasteiger partial charge < -0.3 is 40.9 Å². The average molecular weight is 1460 g/mol. The number of ketones is 2. The van der Waals surface area contributed by atoms with Crippen molar-refractivity contribution in [2.24, 2.45) is 20.5 Å². The van der Waals surface area contributed by atoms with Crippen LogP contribution in [0.25, 0.3) is 6.08 Å². The second-order valence-electron chi connectivity index (χ2n) is 22.4. The Morgan fingerprint density at radius 3 is 1.50 bits per heavy atom. The van der Waals surface area contributed by atoms with Crippen molar-refractivity contribution < 1.29 is 58.1 Å². The highest BCUT2D eigenvalue weighted by Gasteiger charge is 2.34. The van der Waals surface area contributed by atoms with Crippen molar-refractivity contribution in [2.45, 2.75) is 101 Å². The molecule has 30 nitrogen and oxygen atoms in total. The first kappa shape index (κ1) is 73.5. The van der Waals surface area contributed by atoms with E-state index < -0.39 is 65.4 Å². The molecule has 0 radical (unpaired) electrons. The van der Waals surface area contributed by atoms with Gasteiger partial charge in [0.05, 0.1) is 42.2 Å². The third kappa shape index (κ3) is 19.5. The maximum Gasteiger partial charge on any atom is 0.294 e. The predicted molar refractivity (Wildman–Crippen MR) is 380 cm³/mol. The highest BCUT2D eigenvalue weighted by molar-refractivity contribution is 8.00. The molecule has 520 valence electrons. The first-order chi connectivity index (χ1) is 46.7. The summed E-state index contributed by atoms with van der Waals surface area (Å²) in [5, 5.41) is 30.8. The third-order valence-corrected chi connectivity index (χ3v) is 21.0. The number of anilines is 10. The molecular formula is C62H73N17O13S6. The zero-order valence-corrected chi connectivity index (χ0v) is 59.1. The number of carbonyl (C=O) groups excluding carboxylic acids is 4. The molecule has 2 aliphatic heterocycles. The van der Waals surface area contributed by atoms with Gasteiger partial charge in [0.1, 0.15) is 34.7 Å². The Morgan fingerprint density at radius 2 is 1.05 bits per heavy atom. The first-order valence-corrected chi connectivity index (χ1v) is 38.3. The molecule has 9 rings (SSSR count). The number of Topliss-reactive ketones (excluding diaryl/α,β-unsaturated/α-hetero) is 2. The minimum Gasteiger partial charge on any atom is -0.372 e. The normalized spacial score (nSPS) is 14.4. The summed E-state index contributed by atoms with van der Waals surface area (Å²) in [6, 6.07) is 20.5. The lowest BCUT2D eigenvalue weighted by molar-refractivity contribution is -0.126. The fraction of sp³-hybridized carbons (Fsp3) is 0.371. The first-order valence-electron chi connectivity index (χ1n) is 31.2. The second kappa shape index (κ2) is 32.7. The minimum absolute atomic E-state index is 0.0358. The van der Waals surface area contributed by atoms with Crippen LogP contribution in [0, 0.1) is 0 Å². The van der Waals surface area contributed by atoms with Gasteiger partial charge in [0, 0.05) is 80.9 Å². The maximum absolute atomic E-state index is 14.1. The van der Waals surface area contributed by atoms with Gasteiger partial charge in [-0.15, -0.1) is 20.5 Å². The number of hydrogen-bond acceptors (Lipinski definition) is 28. The summed E-state index contributed by atoms with van der Waals surface area (Å²) in [4.78, 5) is 86.8. The lowest BCUT2D eigenvalue weighted by Crippen LogP contribution is -2.32. The molecular weight excluding hydrogens is 1380 g/mol. The minimum atomic E-state index is -4.51. The summed E-state index contributed by atoms with van der Waals surface area (Å²) in [5.74, 6) is -3.89. The molecule has 7 N–H and O–H groups in total. The van der Waals surface area contributed by atoms with Gasteiger partial charge in [-0.25, -0.2) is 0 Å². The summed E-state index contributed by atoms with van der Waals surface area (Å²) in [5.41, 5.74) is 2.96. The molecule has 0 saturated carbocycles. The maximum atomic E-state index is 14.1. The van der Waals surface area contributed by atoms with Crippen LogP contribution >= 0.6 is 34.4 Å². The molecule has 36 heteroatoms. The quantitative estimate of drug-likeness (QED) is 0.00549. The molecule has 98 heavy (non-hydrogen) atoms. The van der Waals surface area contributed by atoms with E-state index in [1.54, 1.807) is 12.1 Å². The van der Waals surface area contributed by atoms with E-state index in [0.717, 1.165) is 109 Å². The Morgan fingerprint density at radius 1 is 0.592 bits per heavy atom. The number of carbonyl (C=O) groups is 4. The average Bonchev–Trinajstić information content (AvgIpc) is 1.58. The number of hydrogen-bond donors (Lipinski definition) is 7. The van der Waals surface area contributed by atoms with Crippen LogP contribution in [-0.4, -0.2) is 151 Å². The number of azo groups is 2. The Balaban J connectivity index is 1.08. The Kier molecular flexibility index (Phi) is 24.6. The van der Waals surface area contributed by atoms with Crippen LogP contribution in [0.15, 0.2) is 126 Å². The molecule has 4 aromatic carbocycles. The van der Waals surface area contributed by atoms with Crippen molar-refractivity contribution >= 4 is 174 Å². The van der Waals surface area contributed by atoms with Crippen LogP contribution in [0.3, 0.4) is 0 Å². The molecule has 0 bridgehead atoms. The van der Waals surface area contributed by atoms with Crippen LogP contribution in [0.4, 0.5) is 79.3 Å². The van der Waals surface area contributed by atoms with Crippen molar-refractivity contribution in [2.75, 3.05) is 105 Å². The number of thiazole rings is 2.